The highest BCUT2D eigenvalue weighted by Crippen LogP contribution is 2.29. The number of aliphatic carboxylic acids is 1. The van der Waals surface area contributed by atoms with E-state index in [0.29, 0.717) is 41.5 Å². The Labute approximate surface area is 159 Å². The van der Waals surface area contributed by atoms with E-state index in [0.717, 1.165) is 0 Å². The van der Waals surface area contributed by atoms with Crippen LogP contribution in [0.25, 0.3) is 0 Å². The lowest BCUT2D eigenvalue weighted by atomic mass is 9.82. The van der Waals surface area contributed by atoms with Gasteiger partial charge in [0.1, 0.15) is 5.78 Å². The molecule has 27 heavy (non-hydrogen) atoms. The van der Waals surface area contributed by atoms with Crippen LogP contribution in [0.3, 0.4) is 0 Å². The van der Waals surface area contributed by atoms with Gasteiger partial charge in [-0.3, -0.25) is 19.2 Å². The number of carboxylic acid groups (broad SMARTS) is 1. The van der Waals surface area contributed by atoms with Crippen LogP contribution in [-0.2, 0) is 9.59 Å². The largest absolute Gasteiger partial charge is 0.481 e. The Balaban J connectivity index is 1.97. The fraction of sp³-hybridized carbons (Fsp3) is 0.455. The van der Waals surface area contributed by atoms with Crippen LogP contribution in [0, 0.1) is 11.8 Å². The van der Waals surface area contributed by atoms with E-state index in [-0.39, 0.29) is 36.1 Å². The molecule has 0 saturated carbocycles. The lowest BCUT2D eigenvalue weighted by Gasteiger charge is -2.19. The van der Waals surface area contributed by atoms with E-state index < -0.39 is 11.9 Å². The van der Waals surface area contributed by atoms with Crippen LogP contribution >= 0.6 is 0 Å². The molecule has 1 N–H and O–H groups in total. The first-order valence-corrected chi connectivity index (χ1v) is 9.35. The maximum Gasteiger partial charge on any atom is 0.306 e. The van der Waals surface area contributed by atoms with Crippen molar-refractivity contribution in [2.24, 2.45) is 11.8 Å². The Morgan fingerprint density at radius 3 is 2.19 bits per heavy atom. The molecule has 0 bridgehead atoms. The topological polar surface area (TPSA) is 88.5 Å². The van der Waals surface area contributed by atoms with Crippen LogP contribution in [0.4, 0.5) is 0 Å². The van der Waals surface area contributed by atoms with Gasteiger partial charge < -0.3 is 5.11 Å². The summed E-state index contributed by atoms with van der Waals surface area (Å²) in [7, 11) is 0. The van der Waals surface area contributed by atoms with E-state index in [2.05, 4.69) is 0 Å². The molecular formula is C22H26O5. The molecule has 0 heterocycles. The van der Waals surface area contributed by atoms with Gasteiger partial charge in [0.2, 0.25) is 0 Å². The quantitative estimate of drug-likeness (QED) is 0.702. The summed E-state index contributed by atoms with van der Waals surface area (Å²) in [4.78, 5) is 48.6. The molecule has 1 aliphatic rings. The number of allylic oxidation sites excluding steroid dienone is 2. The number of Topliss-reactive ketones (excluding diaryl/α,β-unsaturated/α-hetero) is 3. The molecule has 1 aromatic carbocycles. The summed E-state index contributed by atoms with van der Waals surface area (Å²) in [5.74, 6) is -1.81. The molecule has 1 atom stereocenters. The number of ketones is 3. The molecule has 1 aliphatic carbocycles. The first-order valence-electron chi connectivity index (χ1n) is 9.35. The molecular weight excluding hydrogens is 344 g/mol. The fourth-order valence-electron chi connectivity index (χ4n) is 3.53. The van der Waals surface area contributed by atoms with Crippen LogP contribution in [0.15, 0.2) is 35.4 Å². The van der Waals surface area contributed by atoms with E-state index in [4.69, 9.17) is 0 Å². The first-order chi connectivity index (χ1) is 12.7. The summed E-state index contributed by atoms with van der Waals surface area (Å²) >= 11 is 0. The number of fused-ring (bicyclic) bond motifs is 1. The van der Waals surface area contributed by atoms with Gasteiger partial charge in [0.25, 0.3) is 0 Å². The molecule has 5 heteroatoms. The zero-order chi connectivity index (χ0) is 20.1. The molecule has 0 saturated heterocycles. The molecule has 1 aromatic rings. The summed E-state index contributed by atoms with van der Waals surface area (Å²) in [6.07, 6.45) is 1.47. The normalized spacial score (nSPS) is 15.1. The predicted molar refractivity (Wildman–Crippen MR) is 102 cm³/mol. The molecule has 2 rings (SSSR count). The minimum Gasteiger partial charge on any atom is -0.481 e. The van der Waals surface area contributed by atoms with Crippen molar-refractivity contribution in [2.45, 2.75) is 52.9 Å². The standard InChI is InChI=1S/C22H26O5/c1-13(2)11-15(22(26)27)12-16(23)7-6-10-17-14(3)20(24)18-8-4-5-9-19(18)21(17)25/h4-5,8-9,13,15H,6-7,10-12H2,1-3H3,(H,26,27)/t15-/m1/s1. The molecule has 0 fully saturated rings. The highest BCUT2D eigenvalue weighted by molar-refractivity contribution is 6.26. The number of hydrogen-bond acceptors (Lipinski definition) is 4. The van der Waals surface area contributed by atoms with Gasteiger partial charge in [-0.05, 0) is 32.1 Å². The number of hydrogen-bond donors (Lipinski definition) is 1. The van der Waals surface area contributed by atoms with Gasteiger partial charge in [-0.1, -0.05) is 38.1 Å². The van der Waals surface area contributed by atoms with Crippen molar-refractivity contribution in [1.82, 2.24) is 0 Å². The second kappa shape index (κ2) is 8.89. The summed E-state index contributed by atoms with van der Waals surface area (Å²) in [5.41, 5.74) is 1.74. The molecule has 0 radical (unpaired) electrons. The fourth-order valence-corrected chi connectivity index (χ4v) is 3.53. The highest BCUT2D eigenvalue weighted by Gasteiger charge is 2.29. The predicted octanol–water partition coefficient (Wildman–Crippen LogP) is 4.26. The van der Waals surface area contributed by atoms with Crippen LogP contribution in [0.2, 0.25) is 0 Å². The third kappa shape index (κ3) is 5.00. The van der Waals surface area contributed by atoms with Crippen molar-refractivity contribution in [2.75, 3.05) is 0 Å². The van der Waals surface area contributed by atoms with Gasteiger partial charge in [-0.15, -0.1) is 0 Å². The maximum absolute atomic E-state index is 12.7. The number of carboxylic acids is 1. The van der Waals surface area contributed by atoms with Gasteiger partial charge in [-0.25, -0.2) is 0 Å². The monoisotopic (exact) mass is 370 g/mol. The van der Waals surface area contributed by atoms with E-state index in [9.17, 15) is 24.3 Å². The van der Waals surface area contributed by atoms with Crippen molar-refractivity contribution in [1.29, 1.82) is 0 Å². The molecule has 144 valence electrons. The third-order valence-electron chi connectivity index (χ3n) is 4.95. The van der Waals surface area contributed by atoms with Gasteiger partial charge in [0.15, 0.2) is 11.6 Å². The summed E-state index contributed by atoms with van der Waals surface area (Å²) in [5, 5.41) is 9.25. The summed E-state index contributed by atoms with van der Waals surface area (Å²) in [6, 6.07) is 6.76. The lowest BCUT2D eigenvalue weighted by Crippen LogP contribution is -2.21. The van der Waals surface area contributed by atoms with Crippen LogP contribution < -0.4 is 0 Å². The van der Waals surface area contributed by atoms with Gasteiger partial charge in [0.05, 0.1) is 5.92 Å². The Bertz CT molecular complexity index is 801. The number of carbonyl (C=O) groups is 4. The van der Waals surface area contributed by atoms with Crippen LogP contribution in [-0.4, -0.2) is 28.4 Å². The van der Waals surface area contributed by atoms with E-state index in [1.165, 1.54) is 0 Å². The van der Waals surface area contributed by atoms with Crippen molar-refractivity contribution in [3.05, 3.63) is 46.5 Å². The van der Waals surface area contributed by atoms with Crippen molar-refractivity contribution in [3.63, 3.8) is 0 Å². The molecule has 0 spiro atoms. The molecule has 0 aromatic heterocycles. The Kier molecular flexibility index (Phi) is 6.83. The zero-order valence-corrected chi connectivity index (χ0v) is 16.1. The molecule has 0 unspecified atom stereocenters. The van der Waals surface area contributed by atoms with Gasteiger partial charge in [0, 0.05) is 35.1 Å². The molecule has 0 aliphatic heterocycles. The van der Waals surface area contributed by atoms with Crippen molar-refractivity contribution >= 4 is 23.3 Å². The second-order valence-electron chi connectivity index (χ2n) is 7.57. The Morgan fingerprint density at radius 1 is 1.04 bits per heavy atom. The number of rotatable bonds is 9. The Morgan fingerprint density at radius 2 is 1.63 bits per heavy atom. The molecule has 5 nitrogen and oxygen atoms in total. The van der Waals surface area contributed by atoms with Crippen molar-refractivity contribution < 1.29 is 24.3 Å². The van der Waals surface area contributed by atoms with E-state index in [1.54, 1.807) is 31.2 Å². The van der Waals surface area contributed by atoms with Crippen LogP contribution in [0.5, 0.6) is 0 Å². The Hall–Kier alpha value is -2.56. The highest BCUT2D eigenvalue weighted by atomic mass is 16.4. The first kappa shape index (κ1) is 20.7. The third-order valence-corrected chi connectivity index (χ3v) is 4.95. The van der Waals surface area contributed by atoms with E-state index >= 15 is 0 Å². The number of carbonyl (C=O) groups excluding carboxylic acids is 3. The average Bonchev–Trinajstić information content (AvgIpc) is 2.61. The molecule has 0 amide bonds. The number of benzene rings is 1. The SMILES string of the molecule is CC1=C(CCCC(=O)C[C@@H](CC(C)C)C(=O)O)C(=O)c2ccccc2C1=O. The maximum atomic E-state index is 12.7. The van der Waals surface area contributed by atoms with Crippen LogP contribution in [0.1, 0.15) is 73.6 Å². The summed E-state index contributed by atoms with van der Waals surface area (Å²) < 4.78 is 0. The average molecular weight is 370 g/mol. The van der Waals surface area contributed by atoms with Gasteiger partial charge >= 0.3 is 5.97 Å². The zero-order valence-electron chi connectivity index (χ0n) is 16.1. The minimum absolute atomic E-state index is 0.0151. The smallest absolute Gasteiger partial charge is 0.306 e. The van der Waals surface area contributed by atoms with Crippen molar-refractivity contribution in [3.8, 4) is 0 Å². The summed E-state index contributed by atoms with van der Waals surface area (Å²) in [6.45, 7) is 5.51. The van der Waals surface area contributed by atoms with Gasteiger partial charge in [-0.2, -0.15) is 0 Å². The lowest BCUT2D eigenvalue weighted by molar-refractivity contribution is -0.144. The minimum atomic E-state index is -0.944. The second-order valence-corrected chi connectivity index (χ2v) is 7.57. The van der Waals surface area contributed by atoms with E-state index in [1.807, 2.05) is 13.8 Å².